The van der Waals surface area contributed by atoms with Gasteiger partial charge in [-0.25, -0.2) is 18.1 Å². The van der Waals surface area contributed by atoms with E-state index in [-0.39, 0.29) is 5.03 Å². The predicted molar refractivity (Wildman–Crippen MR) is 93.5 cm³/mol. The summed E-state index contributed by atoms with van der Waals surface area (Å²) in [5, 5.41) is 12.9. The average molecular weight is 374 g/mol. The molecule has 1 fully saturated rings. The van der Waals surface area contributed by atoms with Gasteiger partial charge in [-0.05, 0) is 25.1 Å². The Labute approximate surface area is 150 Å². The number of imidazole rings is 1. The molecule has 1 N–H and O–H groups in total. The minimum atomic E-state index is -3.52. The van der Waals surface area contributed by atoms with Crippen LogP contribution in [0, 0.1) is 6.92 Å². The molecule has 1 saturated heterocycles. The van der Waals surface area contributed by atoms with E-state index >= 15 is 0 Å². The molecule has 3 aromatic heterocycles. The zero-order valence-electron chi connectivity index (χ0n) is 14.1. The summed E-state index contributed by atoms with van der Waals surface area (Å²) >= 11 is 0. The molecule has 0 spiro atoms. The van der Waals surface area contributed by atoms with Crippen molar-refractivity contribution in [2.75, 3.05) is 31.1 Å². The van der Waals surface area contributed by atoms with Crippen LogP contribution >= 0.6 is 0 Å². The van der Waals surface area contributed by atoms with E-state index in [1.165, 1.54) is 16.8 Å². The maximum absolute atomic E-state index is 12.5. The number of nitrogens with one attached hydrogen (secondary N) is 1. The van der Waals surface area contributed by atoms with Crippen LogP contribution in [0.25, 0.3) is 5.82 Å². The molecule has 0 bridgehead atoms. The van der Waals surface area contributed by atoms with Gasteiger partial charge in [0.15, 0.2) is 16.7 Å². The van der Waals surface area contributed by atoms with E-state index in [0.717, 1.165) is 11.5 Å². The lowest BCUT2D eigenvalue weighted by Gasteiger charge is -2.34. The van der Waals surface area contributed by atoms with Gasteiger partial charge >= 0.3 is 0 Å². The number of piperazine rings is 1. The predicted octanol–water partition coefficient (Wildman–Crippen LogP) is 0.205. The van der Waals surface area contributed by atoms with Gasteiger partial charge in [0.05, 0.1) is 18.2 Å². The Balaban J connectivity index is 1.43. The van der Waals surface area contributed by atoms with Crippen molar-refractivity contribution < 1.29 is 8.42 Å². The number of rotatable bonds is 4. The van der Waals surface area contributed by atoms with Gasteiger partial charge in [0.2, 0.25) is 0 Å². The molecule has 26 heavy (non-hydrogen) atoms. The van der Waals surface area contributed by atoms with Crippen LogP contribution in [0.3, 0.4) is 0 Å². The van der Waals surface area contributed by atoms with Gasteiger partial charge in [-0.3, -0.25) is 0 Å². The smallest absolute Gasteiger partial charge is 0.260 e. The fourth-order valence-corrected chi connectivity index (χ4v) is 4.15. The molecule has 0 saturated carbocycles. The van der Waals surface area contributed by atoms with Crippen LogP contribution in [-0.2, 0) is 10.0 Å². The molecule has 11 heteroatoms. The summed E-state index contributed by atoms with van der Waals surface area (Å²) in [6.07, 6.45) is 4.52. The van der Waals surface area contributed by atoms with E-state index < -0.39 is 10.0 Å². The summed E-state index contributed by atoms with van der Waals surface area (Å²) in [5.41, 5.74) is 0.908. The Morgan fingerprint density at radius 2 is 1.77 bits per heavy atom. The van der Waals surface area contributed by atoms with E-state index in [4.69, 9.17) is 0 Å². The highest BCUT2D eigenvalue weighted by molar-refractivity contribution is 7.89. The zero-order chi connectivity index (χ0) is 18.1. The van der Waals surface area contributed by atoms with Gasteiger partial charge in [-0.15, -0.1) is 10.2 Å². The van der Waals surface area contributed by atoms with Crippen LogP contribution in [0.5, 0.6) is 0 Å². The van der Waals surface area contributed by atoms with E-state index in [0.29, 0.717) is 32.0 Å². The summed E-state index contributed by atoms with van der Waals surface area (Å²) in [6, 6.07) is 5.62. The van der Waals surface area contributed by atoms with Crippen molar-refractivity contribution in [1.82, 2.24) is 34.3 Å². The van der Waals surface area contributed by atoms with Gasteiger partial charge in [-0.2, -0.15) is 9.40 Å². The lowest BCUT2D eigenvalue weighted by molar-refractivity contribution is 0.382. The molecule has 0 radical (unpaired) electrons. The highest BCUT2D eigenvalue weighted by atomic mass is 32.2. The fraction of sp³-hybridized carbons (Fsp3) is 0.333. The van der Waals surface area contributed by atoms with Crippen LogP contribution < -0.4 is 4.90 Å². The molecule has 0 atom stereocenters. The van der Waals surface area contributed by atoms with Gasteiger partial charge in [0, 0.05) is 32.4 Å². The molecule has 0 aromatic carbocycles. The van der Waals surface area contributed by atoms with Crippen molar-refractivity contribution in [1.29, 1.82) is 0 Å². The maximum atomic E-state index is 12.5. The monoisotopic (exact) mass is 374 g/mol. The number of aromatic nitrogens is 6. The van der Waals surface area contributed by atoms with Crippen LogP contribution in [0.4, 0.5) is 5.82 Å². The molecule has 3 aromatic rings. The zero-order valence-corrected chi connectivity index (χ0v) is 15.0. The molecule has 136 valence electrons. The minimum Gasteiger partial charge on any atom is -0.352 e. The summed E-state index contributed by atoms with van der Waals surface area (Å²) in [4.78, 5) is 8.46. The maximum Gasteiger partial charge on any atom is 0.260 e. The van der Waals surface area contributed by atoms with Crippen LogP contribution in [-0.4, -0.2) is 68.8 Å². The van der Waals surface area contributed by atoms with Crippen molar-refractivity contribution in [2.45, 2.75) is 11.9 Å². The third-order valence-corrected chi connectivity index (χ3v) is 6.07. The molecule has 0 amide bonds. The Morgan fingerprint density at radius 3 is 2.35 bits per heavy atom. The second-order valence-electron chi connectivity index (χ2n) is 5.96. The van der Waals surface area contributed by atoms with Crippen LogP contribution in [0.2, 0.25) is 0 Å². The van der Waals surface area contributed by atoms with Crippen molar-refractivity contribution in [3.05, 3.63) is 42.6 Å². The van der Waals surface area contributed by atoms with Gasteiger partial charge in [0.25, 0.3) is 10.0 Å². The first-order valence-corrected chi connectivity index (χ1v) is 9.58. The van der Waals surface area contributed by atoms with Crippen molar-refractivity contribution >= 4 is 15.8 Å². The second-order valence-corrected chi connectivity index (χ2v) is 7.86. The molecule has 1 aliphatic heterocycles. The van der Waals surface area contributed by atoms with Crippen molar-refractivity contribution in [3.8, 4) is 5.82 Å². The van der Waals surface area contributed by atoms with Crippen molar-refractivity contribution in [2.24, 2.45) is 0 Å². The Hall–Kier alpha value is -2.79. The van der Waals surface area contributed by atoms with E-state index in [2.05, 4.69) is 25.3 Å². The first kappa shape index (κ1) is 16.7. The first-order chi connectivity index (χ1) is 12.5. The van der Waals surface area contributed by atoms with Crippen molar-refractivity contribution in [3.63, 3.8) is 0 Å². The Kier molecular flexibility index (Phi) is 4.17. The second kappa shape index (κ2) is 6.50. The third-order valence-electron chi connectivity index (χ3n) is 4.25. The Bertz CT molecular complexity index is 973. The third kappa shape index (κ3) is 3.06. The summed E-state index contributed by atoms with van der Waals surface area (Å²) in [7, 11) is -3.52. The van der Waals surface area contributed by atoms with Gasteiger partial charge in [-0.1, -0.05) is 0 Å². The molecule has 4 heterocycles. The standard InChI is InChI=1S/C15H18N8O2S/c1-12-4-5-23(20-12)14-3-2-13(18-19-14)21-6-8-22(9-7-21)26(24,25)15-10-16-11-17-15/h2-5,10-11H,6-9H2,1H3,(H,16,17). The van der Waals surface area contributed by atoms with Crippen LogP contribution in [0.1, 0.15) is 5.69 Å². The van der Waals surface area contributed by atoms with Crippen LogP contribution in [0.15, 0.2) is 41.9 Å². The number of hydrogen-bond acceptors (Lipinski definition) is 7. The lowest BCUT2D eigenvalue weighted by Crippen LogP contribution is -2.49. The Morgan fingerprint density at radius 1 is 1.04 bits per heavy atom. The number of aryl methyl sites for hydroxylation is 1. The lowest BCUT2D eigenvalue weighted by atomic mass is 10.3. The van der Waals surface area contributed by atoms with Gasteiger partial charge in [0.1, 0.15) is 0 Å². The number of aromatic amines is 1. The summed E-state index contributed by atoms with van der Waals surface area (Å²) < 4.78 is 28.1. The molecule has 0 aliphatic carbocycles. The number of H-pyrrole nitrogens is 1. The van der Waals surface area contributed by atoms with E-state index in [1.54, 1.807) is 4.68 Å². The molecule has 4 rings (SSSR count). The number of hydrogen-bond donors (Lipinski definition) is 1. The summed E-state index contributed by atoms with van der Waals surface area (Å²) in [5.74, 6) is 1.36. The normalized spacial score (nSPS) is 16.1. The number of sulfonamides is 1. The largest absolute Gasteiger partial charge is 0.352 e. The van der Waals surface area contributed by atoms with E-state index in [9.17, 15) is 8.42 Å². The molecule has 1 aliphatic rings. The number of nitrogens with zero attached hydrogens (tertiary/aromatic N) is 7. The van der Waals surface area contributed by atoms with Gasteiger partial charge < -0.3 is 9.88 Å². The highest BCUT2D eigenvalue weighted by Crippen LogP contribution is 2.18. The number of anilines is 1. The topological polar surface area (TPSA) is 113 Å². The molecule has 0 unspecified atom stereocenters. The fourth-order valence-electron chi connectivity index (χ4n) is 2.83. The molecular weight excluding hydrogens is 356 g/mol. The minimum absolute atomic E-state index is 0.115. The van der Waals surface area contributed by atoms with E-state index in [1.807, 2.05) is 36.2 Å². The quantitative estimate of drug-likeness (QED) is 0.694. The summed E-state index contributed by atoms with van der Waals surface area (Å²) in [6.45, 7) is 3.76. The SMILES string of the molecule is Cc1ccn(-c2ccc(N3CCN(S(=O)(=O)c4cnc[nH]4)CC3)nn2)n1. The molecular formula is C15H18N8O2S. The first-order valence-electron chi connectivity index (χ1n) is 8.14. The highest BCUT2D eigenvalue weighted by Gasteiger charge is 2.29. The average Bonchev–Trinajstić information content (AvgIpc) is 3.34. The molecule has 10 nitrogen and oxygen atoms in total.